The largest absolute Gasteiger partial charge is 0.334 e. The van der Waals surface area contributed by atoms with Gasteiger partial charge in [0.15, 0.2) is 0 Å². The van der Waals surface area contributed by atoms with Gasteiger partial charge in [0.25, 0.3) is 0 Å². The maximum atomic E-state index is 5.63. The van der Waals surface area contributed by atoms with Gasteiger partial charge in [-0.15, -0.1) is 0 Å². The van der Waals surface area contributed by atoms with E-state index in [0.717, 1.165) is 25.2 Å². The Morgan fingerprint density at radius 2 is 2.25 bits per heavy atom. The second-order valence-electron chi connectivity index (χ2n) is 4.45. The average molecular weight is 224 g/mol. The molecule has 0 saturated heterocycles. The molecule has 4 heteroatoms. The zero-order valence-electron chi connectivity index (χ0n) is 10.6. The van der Waals surface area contributed by atoms with Gasteiger partial charge in [0.2, 0.25) is 0 Å². The Kier molecular flexibility index (Phi) is 5.49. The molecule has 2 atom stereocenters. The molecule has 0 radical (unpaired) electrons. The van der Waals surface area contributed by atoms with Crippen LogP contribution < -0.4 is 11.3 Å². The van der Waals surface area contributed by atoms with Crippen LogP contribution in [-0.2, 0) is 6.54 Å². The lowest BCUT2D eigenvalue weighted by atomic mass is 9.99. The zero-order valence-corrected chi connectivity index (χ0v) is 10.6. The molecule has 1 heterocycles. The highest BCUT2D eigenvalue weighted by atomic mass is 15.3. The Hall–Kier alpha value is -0.870. The van der Waals surface area contributed by atoms with Crippen molar-refractivity contribution in [2.45, 2.75) is 52.6 Å². The molecule has 0 aliphatic rings. The van der Waals surface area contributed by atoms with Crippen LogP contribution >= 0.6 is 0 Å². The van der Waals surface area contributed by atoms with E-state index in [1.54, 1.807) is 0 Å². The van der Waals surface area contributed by atoms with Crippen LogP contribution in [0.3, 0.4) is 0 Å². The highest BCUT2D eigenvalue weighted by molar-refractivity contribution is 4.99. The summed E-state index contributed by atoms with van der Waals surface area (Å²) in [4.78, 5) is 4.41. The first-order valence-electron chi connectivity index (χ1n) is 6.20. The summed E-state index contributed by atoms with van der Waals surface area (Å²) in [6, 6.07) is 0.163. The molecular formula is C12H24N4. The van der Waals surface area contributed by atoms with Crippen molar-refractivity contribution in [3.05, 3.63) is 18.2 Å². The lowest BCUT2D eigenvalue weighted by Gasteiger charge is -2.20. The van der Waals surface area contributed by atoms with Crippen LogP contribution in [0.4, 0.5) is 0 Å². The number of aryl methyl sites for hydroxylation is 1. The molecule has 0 aliphatic carbocycles. The number of aromatic nitrogens is 2. The van der Waals surface area contributed by atoms with E-state index in [-0.39, 0.29) is 6.04 Å². The van der Waals surface area contributed by atoms with Crippen molar-refractivity contribution in [3.8, 4) is 0 Å². The van der Waals surface area contributed by atoms with Crippen LogP contribution in [0, 0.1) is 5.92 Å². The zero-order chi connectivity index (χ0) is 12.0. The minimum atomic E-state index is 0.163. The van der Waals surface area contributed by atoms with E-state index in [9.17, 15) is 0 Å². The lowest BCUT2D eigenvalue weighted by Crippen LogP contribution is -2.31. The predicted octanol–water partition coefficient (Wildman–Crippen LogP) is 2.23. The smallest absolute Gasteiger partial charge is 0.127 e. The minimum Gasteiger partial charge on any atom is -0.334 e. The van der Waals surface area contributed by atoms with Crippen molar-refractivity contribution in [2.24, 2.45) is 11.8 Å². The van der Waals surface area contributed by atoms with Crippen molar-refractivity contribution < 1.29 is 0 Å². The number of nitrogens with one attached hydrogen (secondary N) is 1. The Morgan fingerprint density at radius 3 is 2.81 bits per heavy atom. The third-order valence-corrected chi connectivity index (χ3v) is 3.06. The fraction of sp³-hybridized carbons (Fsp3) is 0.750. The molecule has 0 fully saturated rings. The number of imidazole rings is 1. The molecule has 0 bridgehead atoms. The third kappa shape index (κ3) is 3.32. The van der Waals surface area contributed by atoms with Gasteiger partial charge in [-0.3, -0.25) is 5.84 Å². The molecule has 0 aliphatic heterocycles. The van der Waals surface area contributed by atoms with Crippen molar-refractivity contribution in [1.29, 1.82) is 0 Å². The van der Waals surface area contributed by atoms with Gasteiger partial charge in [0.1, 0.15) is 5.82 Å². The second-order valence-corrected chi connectivity index (χ2v) is 4.45. The Labute approximate surface area is 98.2 Å². The van der Waals surface area contributed by atoms with E-state index in [1.165, 1.54) is 6.42 Å². The Morgan fingerprint density at radius 1 is 1.50 bits per heavy atom. The van der Waals surface area contributed by atoms with Gasteiger partial charge >= 0.3 is 0 Å². The van der Waals surface area contributed by atoms with Gasteiger partial charge < -0.3 is 4.57 Å². The highest BCUT2D eigenvalue weighted by Gasteiger charge is 2.17. The van der Waals surface area contributed by atoms with Gasteiger partial charge in [-0.05, 0) is 18.8 Å². The summed E-state index contributed by atoms with van der Waals surface area (Å²) in [6.45, 7) is 7.63. The van der Waals surface area contributed by atoms with Gasteiger partial charge in [0.05, 0.1) is 6.04 Å². The van der Waals surface area contributed by atoms with Gasteiger partial charge in [0, 0.05) is 18.9 Å². The van der Waals surface area contributed by atoms with Crippen LogP contribution in [0.15, 0.2) is 12.4 Å². The van der Waals surface area contributed by atoms with Crippen molar-refractivity contribution >= 4 is 0 Å². The first-order valence-corrected chi connectivity index (χ1v) is 6.20. The molecule has 1 aromatic rings. The normalized spacial score (nSPS) is 15.0. The van der Waals surface area contributed by atoms with Gasteiger partial charge in [-0.1, -0.05) is 27.2 Å². The van der Waals surface area contributed by atoms with E-state index < -0.39 is 0 Å². The molecular weight excluding hydrogens is 200 g/mol. The fourth-order valence-electron chi connectivity index (χ4n) is 1.88. The summed E-state index contributed by atoms with van der Waals surface area (Å²) in [5, 5.41) is 0. The fourth-order valence-corrected chi connectivity index (χ4v) is 1.88. The molecule has 0 amide bonds. The maximum Gasteiger partial charge on any atom is 0.127 e. The molecule has 1 rings (SSSR count). The SMILES string of the molecule is CCCn1ccnc1C(CC(C)CC)NN. The number of nitrogens with zero attached hydrogens (tertiary/aromatic N) is 2. The molecule has 2 unspecified atom stereocenters. The monoisotopic (exact) mass is 224 g/mol. The van der Waals surface area contributed by atoms with E-state index in [4.69, 9.17) is 5.84 Å². The predicted molar refractivity (Wildman–Crippen MR) is 66.7 cm³/mol. The molecule has 0 spiro atoms. The first-order chi connectivity index (χ1) is 7.72. The average Bonchev–Trinajstić information content (AvgIpc) is 2.74. The van der Waals surface area contributed by atoms with Crippen LogP contribution in [0.5, 0.6) is 0 Å². The van der Waals surface area contributed by atoms with Crippen molar-refractivity contribution in [3.63, 3.8) is 0 Å². The third-order valence-electron chi connectivity index (χ3n) is 3.06. The summed E-state index contributed by atoms with van der Waals surface area (Å²) in [5.41, 5.74) is 2.89. The molecule has 1 aromatic heterocycles. The van der Waals surface area contributed by atoms with Crippen LogP contribution in [0.1, 0.15) is 51.9 Å². The van der Waals surface area contributed by atoms with E-state index in [1.807, 2.05) is 12.4 Å². The summed E-state index contributed by atoms with van der Waals surface area (Å²) in [7, 11) is 0. The molecule has 92 valence electrons. The molecule has 16 heavy (non-hydrogen) atoms. The lowest BCUT2D eigenvalue weighted by molar-refractivity contribution is 0.383. The molecule has 4 nitrogen and oxygen atoms in total. The number of hydrogen-bond donors (Lipinski definition) is 2. The number of rotatable bonds is 7. The Balaban J connectivity index is 2.73. The maximum absolute atomic E-state index is 5.63. The second kappa shape index (κ2) is 6.66. The topological polar surface area (TPSA) is 55.9 Å². The summed E-state index contributed by atoms with van der Waals surface area (Å²) in [6.07, 6.45) is 7.20. The molecule has 0 saturated carbocycles. The van der Waals surface area contributed by atoms with E-state index >= 15 is 0 Å². The van der Waals surface area contributed by atoms with Crippen molar-refractivity contribution in [2.75, 3.05) is 0 Å². The quantitative estimate of drug-likeness (QED) is 0.551. The summed E-state index contributed by atoms with van der Waals surface area (Å²) in [5.74, 6) is 7.35. The van der Waals surface area contributed by atoms with Crippen LogP contribution in [0.25, 0.3) is 0 Å². The van der Waals surface area contributed by atoms with Crippen LogP contribution in [-0.4, -0.2) is 9.55 Å². The number of hydrogen-bond acceptors (Lipinski definition) is 3. The number of nitrogens with two attached hydrogens (primary N) is 1. The van der Waals surface area contributed by atoms with E-state index in [2.05, 4.69) is 35.7 Å². The summed E-state index contributed by atoms with van der Waals surface area (Å²) >= 11 is 0. The summed E-state index contributed by atoms with van der Waals surface area (Å²) < 4.78 is 2.19. The Bertz CT molecular complexity index is 295. The first kappa shape index (κ1) is 13.2. The van der Waals surface area contributed by atoms with Crippen LogP contribution in [0.2, 0.25) is 0 Å². The van der Waals surface area contributed by atoms with Gasteiger partial charge in [-0.2, -0.15) is 0 Å². The number of hydrazine groups is 1. The minimum absolute atomic E-state index is 0.163. The van der Waals surface area contributed by atoms with E-state index in [0.29, 0.717) is 5.92 Å². The molecule has 0 aromatic carbocycles. The highest BCUT2D eigenvalue weighted by Crippen LogP contribution is 2.21. The van der Waals surface area contributed by atoms with Gasteiger partial charge in [-0.25, -0.2) is 10.4 Å². The standard InChI is InChI=1S/C12H24N4/c1-4-7-16-8-6-14-12(16)11(15-13)9-10(3)5-2/h6,8,10-11,15H,4-5,7,9,13H2,1-3H3. The molecule has 3 N–H and O–H groups in total. The van der Waals surface area contributed by atoms with Crippen molar-refractivity contribution in [1.82, 2.24) is 15.0 Å².